The summed E-state index contributed by atoms with van der Waals surface area (Å²) in [6.07, 6.45) is 7.62. The highest BCUT2D eigenvalue weighted by atomic mass is 32.2. The molecule has 0 spiro atoms. The van der Waals surface area contributed by atoms with E-state index in [1.165, 1.54) is 19.6 Å². The van der Waals surface area contributed by atoms with E-state index in [0.717, 1.165) is 17.7 Å². The van der Waals surface area contributed by atoms with Crippen LogP contribution in [0, 0.1) is 5.41 Å². The Balaban J connectivity index is 2.01. The van der Waals surface area contributed by atoms with Crippen LogP contribution in [0.4, 0.5) is 0 Å². The van der Waals surface area contributed by atoms with Crippen LogP contribution < -0.4 is 14.8 Å². The van der Waals surface area contributed by atoms with E-state index < -0.39 is 5.54 Å². The van der Waals surface area contributed by atoms with Gasteiger partial charge in [0.05, 0.1) is 29.4 Å². The van der Waals surface area contributed by atoms with E-state index in [-0.39, 0.29) is 18.1 Å². The van der Waals surface area contributed by atoms with Gasteiger partial charge in [0.2, 0.25) is 5.88 Å². The van der Waals surface area contributed by atoms with Crippen molar-refractivity contribution in [3.05, 3.63) is 30.4 Å². The van der Waals surface area contributed by atoms with Gasteiger partial charge in [0, 0.05) is 30.2 Å². The lowest BCUT2D eigenvalue weighted by Crippen LogP contribution is -2.45. The summed E-state index contributed by atoms with van der Waals surface area (Å²) in [6.45, 7) is 11.0. The van der Waals surface area contributed by atoms with Crippen LogP contribution in [0.1, 0.15) is 51.4 Å². The van der Waals surface area contributed by atoms with E-state index in [0.29, 0.717) is 40.5 Å². The summed E-state index contributed by atoms with van der Waals surface area (Å²) >= 11 is 1.69. The van der Waals surface area contributed by atoms with E-state index in [2.05, 4.69) is 46.0 Å². The van der Waals surface area contributed by atoms with Gasteiger partial charge in [-0.15, -0.1) is 0 Å². The van der Waals surface area contributed by atoms with Gasteiger partial charge in [-0.2, -0.15) is 11.8 Å². The molecular formula is C25H35N5O4S. The molecule has 3 rings (SSSR count). The summed E-state index contributed by atoms with van der Waals surface area (Å²) in [4.78, 5) is 29.8. The number of amides is 1. The third-order valence-electron chi connectivity index (χ3n) is 5.11. The van der Waals surface area contributed by atoms with Crippen LogP contribution in [0.15, 0.2) is 24.8 Å². The number of pyridine rings is 1. The Labute approximate surface area is 210 Å². The van der Waals surface area contributed by atoms with Gasteiger partial charge in [-0.25, -0.2) is 9.97 Å². The molecule has 0 aromatic carbocycles. The Morgan fingerprint density at radius 2 is 1.91 bits per heavy atom. The van der Waals surface area contributed by atoms with Crippen molar-refractivity contribution in [2.45, 2.75) is 46.6 Å². The Morgan fingerprint density at radius 3 is 2.60 bits per heavy atom. The first-order chi connectivity index (χ1) is 16.5. The third kappa shape index (κ3) is 7.08. The number of nitrogens with one attached hydrogen (secondary N) is 2. The highest BCUT2D eigenvalue weighted by Gasteiger charge is 2.29. The number of aromatic amines is 1. The van der Waals surface area contributed by atoms with Gasteiger partial charge in [0.15, 0.2) is 12.5 Å². The molecule has 0 bridgehead atoms. The standard InChI is InChI=1S/C25H35N5O4S/c1-24(2,3)13-25(4,5)30-22(31)16-10-18(26-12-19(16)34-15-32-6)17-11-27-21-20(17)23(29-14-28-21)33-8-9-35-7/h10-12,14H,8-9,13,15H2,1-7H3,(H,30,31)(H,27,28,29). The van der Waals surface area contributed by atoms with E-state index in [4.69, 9.17) is 14.2 Å². The first-order valence-corrected chi connectivity index (χ1v) is 12.8. The van der Waals surface area contributed by atoms with Crippen molar-refractivity contribution in [3.63, 3.8) is 0 Å². The summed E-state index contributed by atoms with van der Waals surface area (Å²) in [5.74, 6) is 1.40. The second kappa shape index (κ2) is 11.3. The minimum absolute atomic E-state index is 0.00104. The molecule has 35 heavy (non-hydrogen) atoms. The van der Waals surface area contributed by atoms with E-state index in [1.807, 2.05) is 20.1 Å². The fraction of sp³-hybridized carbons (Fsp3) is 0.520. The lowest BCUT2D eigenvalue weighted by molar-refractivity contribution is 0.0496. The van der Waals surface area contributed by atoms with Crippen molar-refractivity contribution in [1.29, 1.82) is 0 Å². The summed E-state index contributed by atoms with van der Waals surface area (Å²) in [5.41, 5.74) is 1.93. The molecule has 0 aliphatic rings. The number of ether oxygens (including phenoxy) is 3. The summed E-state index contributed by atoms with van der Waals surface area (Å²) in [5, 5.41) is 3.87. The van der Waals surface area contributed by atoms with Gasteiger partial charge in [0.25, 0.3) is 5.91 Å². The second-order valence-corrected chi connectivity index (χ2v) is 11.1. The maximum Gasteiger partial charge on any atom is 0.255 e. The van der Waals surface area contributed by atoms with Crippen LogP contribution in [0.5, 0.6) is 11.6 Å². The maximum atomic E-state index is 13.4. The average molecular weight is 502 g/mol. The highest BCUT2D eigenvalue weighted by molar-refractivity contribution is 7.98. The van der Waals surface area contributed by atoms with E-state index in [9.17, 15) is 4.79 Å². The van der Waals surface area contributed by atoms with Gasteiger partial charge in [-0.1, -0.05) is 20.8 Å². The van der Waals surface area contributed by atoms with Gasteiger partial charge in [-0.3, -0.25) is 9.78 Å². The number of H-pyrrole nitrogens is 1. The molecule has 2 N–H and O–H groups in total. The quantitative estimate of drug-likeness (QED) is 0.288. The van der Waals surface area contributed by atoms with Crippen molar-refractivity contribution in [2.24, 2.45) is 5.41 Å². The minimum Gasteiger partial charge on any atom is -0.476 e. The zero-order chi connectivity index (χ0) is 25.6. The summed E-state index contributed by atoms with van der Waals surface area (Å²) in [6, 6.07) is 1.72. The molecule has 0 aliphatic carbocycles. The van der Waals surface area contributed by atoms with Crippen molar-refractivity contribution in [3.8, 4) is 22.9 Å². The fourth-order valence-corrected chi connectivity index (χ4v) is 4.47. The van der Waals surface area contributed by atoms with Crippen LogP contribution in [0.3, 0.4) is 0 Å². The fourth-order valence-electron chi connectivity index (χ4n) is 4.22. The predicted octanol–water partition coefficient (Wildman–Crippen LogP) is 4.69. The van der Waals surface area contributed by atoms with Crippen molar-refractivity contribution < 1.29 is 19.0 Å². The van der Waals surface area contributed by atoms with Crippen LogP contribution in [0.25, 0.3) is 22.3 Å². The van der Waals surface area contributed by atoms with Gasteiger partial charge >= 0.3 is 0 Å². The van der Waals surface area contributed by atoms with Crippen molar-refractivity contribution >= 4 is 28.7 Å². The highest BCUT2D eigenvalue weighted by Crippen LogP contribution is 2.34. The molecule has 0 saturated heterocycles. The molecule has 0 aliphatic heterocycles. The molecule has 0 radical (unpaired) electrons. The monoisotopic (exact) mass is 501 g/mol. The molecular weight excluding hydrogens is 466 g/mol. The van der Waals surface area contributed by atoms with Crippen LogP contribution >= 0.6 is 11.8 Å². The number of aromatic nitrogens is 4. The molecule has 190 valence electrons. The lowest BCUT2D eigenvalue weighted by atomic mass is 9.81. The molecule has 10 heteroatoms. The molecule has 0 atom stereocenters. The number of carbonyl (C=O) groups excluding carboxylic acids is 1. The molecule has 0 fully saturated rings. The SMILES string of the molecule is COCOc1cnc(-c2c[nH]c3ncnc(OCCSC)c23)cc1C(=O)NC(C)(C)CC(C)(C)C. The molecule has 1 amide bonds. The Hall–Kier alpha value is -2.85. The Morgan fingerprint density at radius 1 is 1.14 bits per heavy atom. The second-order valence-electron chi connectivity index (χ2n) is 10.1. The lowest BCUT2D eigenvalue weighted by Gasteiger charge is -2.33. The summed E-state index contributed by atoms with van der Waals surface area (Å²) in [7, 11) is 1.53. The number of fused-ring (bicyclic) bond motifs is 1. The van der Waals surface area contributed by atoms with E-state index in [1.54, 1.807) is 24.0 Å². The molecule has 3 heterocycles. The van der Waals surface area contributed by atoms with Gasteiger partial charge in [-0.05, 0) is 38.0 Å². The number of thioether (sulfide) groups is 1. The molecule has 3 aromatic rings. The summed E-state index contributed by atoms with van der Waals surface area (Å²) < 4.78 is 16.6. The topological polar surface area (TPSA) is 111 Å². The maximum absolute atomic E-state index is 13.4. The Bertz CT molecular complexity index is 1160. The largest absolute Gasteiger partial charge is 0.476 e. The molecule has 3 aromatic heterocycles. The van der Waals surface area contributed by atoms with E-state index >= 15 is 0 Å². The van der Waals surface area contributed by atoms with Crippen LogP contribution in [-0.2, 0) is 4.74 Å². The molecule has 0 saturated carbocycles. The van der Waals surface area contributed by atoms with Crippen molar-refractivity contribution in [1.82, 2.24) is 25.3 Å². The first-order valence-electron chi connectivity index (χ1n) is 11.4. The predicted molar refractivity (Wildman–Crippen MR) is 139 cm³/mol. The smallest absolute Gasteiger partial charge is 0.255 e. The number of hydrogen-bond acceptors (Lipinski definition) is 8. The molecule has 9 nitrogen and oxygen atoms in total. The van der Waals surface area contributed by atoms with Crippen LogP contribution in [0.2, 0.25) is 0 Å². The van der Waals surface area contributed by atoms with Gasteiger partial charge < -0.3 is 24.5 Å². The molecule has 0 unspecified atom stereocenters. The van der Waals surface area contributed by atoms with Crippen LogP contribution in [-0.4, -0.2) is 63.9 Å². The normalized spacial score (nSPS) is 12.1. The first kappa shape index (κ1) is 26.7. The third-order valence-corrected chi connectivity index (χ3v) is 5.68. The van der Waals surface area contributed by atoms with Gasteiger partial charge in [0.1, 0.15) is 12.0 Å². The number of nitrogens with zero attached hydrogens (tertiary/aromatic N) is 3. The zero-order valence-electron chi connectivity index (χ0n) is 21.5. The van der Waals surface area contributed by atoms with Crippen molar-refractivity contribution in [2.75, 3.05) is 32.5 Å². The number of carbonyl (C=O) groups is 1. The number of hydrogen-bond donors (Lipinski definition) is 2. The number of rotatable bonds is 11. The average Bonchev–Trinajstić information content (AvgIpc) is 3.21. The minimum atomic E-state index is -0.426. The number of methoxy groups -OCH3 is 1. The Kier molecular flexibility index (Phi) is 8.60. The zero-order valence-corrected chi connectivity index (χ0v) is 22.3.